The van der Waals surface area contributed by atoms with Crippen LogP contribution in [0.1, 0.15) is 21.5 Å². The summed E-state index contributed by atoms with van der Waals surface area (Å²) in [4.78, 5) is 28.2. The van der Waals surface area contributed by atoms with E-state index in [1.54, 1.807) is 6.07 Å². The summed E-state index contributed by atoms with van der Waals surface area (Å²) in [6.07, 6.45) is 0.891. The number of nitrogens with zero attached hydrogens (tertiary/aromatic N) is 1. The van der Waals surface area contributed by atoms with Crippen molar-refractivity contribution in [1.82, 2.24) is 0 Å². The van der Waals surface area contributed by atoms with Crippen LogP contribution in [-0.4, -0.2) is 24.1 Å². The zero-order valence-corrected chi connectivity index (χ0v) is 17.0. The number of para-hydroxylation sites is 1. The van der Waals surface area contributed by atoms with Gasteiger partial charge in [-0.05, 0) is 54.8 Å². The van der Waals surface area contributed by atoms with Crippen LogP contribution in [0.4, 0.5) is 11.4 Å². The zero-order chi connectivity index (χ0) is 20.2. The SMILES string of the molecule is Cc1cccc(NC(=O)c2ccccc2SCC(=O)N2CCc3ccccc32)c1. The van der Waals surface area contributed by atoms with Gasteiger partial charge in [-0.15, -0.1) is 11.8 Å². The average Bonchev–Trinajstić information content (AvgIpc) is 3.16. The van der Waals surface area contributed by atoms with Crippen LogP contribution in [-0.2, 0) is 11.2 Å². The lowest BCUT2D eigenvalue weighted by Gasteiger charge is -2.17. The summed E-state index contributed by atoms with van der Waals surface area (Å²) in [5.74, 6) is 0.190. The van der Waals surface area contributed by atoms with E-state index in [4.69, 9.17) is 0 Å². The van der Waals surface area contributed by atoms with E-state index in [0.29, 0.717) is 17.9 Å². The predicted molar refractivity (Wildman–Crippen MR) is 119 cm³/mol. The monoisotopic (exact) mass is 402 g/mol. The summed E-state index contributed by atoms with van der Waals surface area (Å²) in [6, 6.07) is 23.2. The molecule has 3 aromatic rings. The Labute approximate surface area is 174 Å². The Morgan fingerprint density at radius 2 is 1.79 bits per heavy atom. The standard InChI is InChI=1S/C24H22N2O2S/c1-17-7-6-9-19(15-17)25-24(28)20-10-3-5-12-22(20)29-16-23(27)26-14-13-18-8-2-4-11-21(18)26/h2-12,15H,13-14,16H2,1H3,(H,25,28). The van der Waals surface area contributed by atoms with Gasteiger partial charge in [-0.1, -0.05) is 42.5 Å². The first-order chi connectivity index (χ1) is 14.1. The Kier molecular flexibility index (Phi) is 5.67. The first-order valence-corrected chi connectivity index (χ1v) is 10.6. The fraction of sp³-hybridized carbons (Fsp3) is 0.167. The third kappa shape index (κ3) is 4.35. The van der Waals surface area contributed by atoms with Crippen LogP contribution < -0.4 is 10.2 Å². The largest absolute Gasteiger partial charge is 0.322 e. The minimum atomic E-state index is -0.169. The lowest BCUT2D eigenvalue weighted by molar-refractivity contribution is -0.116. The van der Waals surface area contributed by atoms with Crippen LogP contribution in [0.2, 0.25) is 0 Å². The molecule has 0 unspecified atom stereocenters. The Hall–Kier alpha value is -3.05. The minimum Gasteiger partial charge on any atom is -0.322 e. The molecule has 0 aromatic heterocycles. The quantitative estimate of drug-likeness (QED) is 0.616. The van der Waals surface area contributed by atoms with E-state index in [-0.39, 0.29) is 11.8 Å². The highest BCUT2D eigenvalue weighted by Gasteiger charge is 2.24. The van der Waals surface area contributed by atoms with Crippen molar-refractivity contribution in [2.24, 2.45) is 0 Å². The molecule has 0 radical (unpaired) electrons. The molecule has 4 nitrogen and oxygen atoms in total. The van der Waals surface area contributed by atoms with Gasteiger partial charge >= 0.3 is 0 Å². The number of fused-ring (bicyclic) bond motifs is 1. The number of amides is 2. The molecule has 0 saturated carbocycles. The molecule has 4 rings (SSSR count). The molecule has 0 spiro atoms. The van der Waals surface area contributed by atoms with E-state index < -0.39 is 0 Å². The van der Waals surface area contributed by atoms with E-state index in [1.807, 2.05) is 72.5 Å². The van der Waals surface area contributed by atoms with E-state index in [0.717, 1.165) is 28.3 Å². The van der Waals surface area contributed by atoms with Gasteiger partial charge in [0.25, 0.3) is 5.91 Å². The number of hydrogen-bond donors (Lipinski definition) is 1. The third-order valence-corrected chi connectivity index (χ3v) is 6.01. The Balaban J connectivity index is 1.45. The summed E-state index contributed by atoms with van der Waals surface area (Å²) in [7, 11) is 0. The molecule has 0 aliphatic carbocycles. The van der Waals surface area contributed by atoms with Crippen LogP contribution in [0, 0.1) is 6.92 Å². The molecular formula is C24H22N2O2S. The number of benzene rings is 3. The smallest absolute Gasteiger partial charge is 0.256 e. The zero-order valence-electron chi connectivity index (χ0n) is 16.2. The maximum atomic E-state index is 12.8. The van der Waals surface area contributed by atoms with Crippen molar-refractivity contribution in [2.75, 3.05) is 22.5 Å². The maximum absolute atomic E-state index is 12.8. The van der Waals surface area contributed by atoms with Gasteiger partial charge in [-0.3, -0.25) is 9.59 Å². The van der Waals surface area contributed by atoms with E-state index >= 15 is 0 Å². The molecule has 146 valence electrons. The molecular weight excluding hydrogens is 380 g/mol. The van der Waals surface area contributed by atoms with Gasteiger partial charge in [0, 0.05) is 22.8 Å². The second kappa shape index (κ2) is 8.53. The lowest BCUT2D eigenvalue weighted by atomic mass is 10.2. The van der Waals surface area contributed by atoms with Crippen LogP contribution in [0.15, 0.2) is 77.7 Å². The number of carbonyl (C=O) groups is 2. The first-order valence-electron chi connectivity index (χ1n) is 9.60. The summed E-state index contributed by atoms with van der Waals surface area (Å²) in [6.45, 7) is 2.70. The number of rotatable bonds is 5. The van der Waals surface area contributed by atoms with Crippen LogP contribution in [0.25, 0.3) is 0 Å². The van der Waals surface area contributed by atoms with Crippen molar-refractivity contribution in [3.8, 4) is 0 Å². The maximum Gasteiger partial charge on any atom is 0.256 e. The summed E-state index contributed by atoms with van der Waals surface area (Å²) in [5.41, 5.74) is 4.64. The number of hydrogen-bond acceptors (Lipinski definition) is 3. The molecule has 1 aliphatic rings. The van der Waals surface area contributed by atoms with Gasteiger partial charge in [0.05, 0.1) is 11.3 Å². The summed E-state index contributed by atoms with van der Waals surface area (Å²) < 4.78 is 0. The molecule has 0 fully saturated rings. The predicted octanol–water partition coefficient (Wildman–Crippen LogP) is 4.93. The Morgan fingerprint density at radius 3 is 2.66 bits per heavy atom. The van der Waals surface area contributed by atoms with Crippen molar-refractivity contribution >= 4 is 35.0 Å². The topological polar surface area (TPSA) is 49.4 Å². The van der Waals surface area contributed by atoms with Crippen molar-refractivity contribution in [3.63, 3.8) is 0 Å². The lowest BCUT2D eigenvalue weighted by Crippen LogP contribution is -2.30. The third-order valence-electron chi connectivity index (χ3n) is 4.95. The molecule has 3 aromatic carbocycles. The van der Waals surface area contributed by atoms with Gasteiger partial charge in [0.15, 0.2) is 0 Å². The number of anilines is 2. The molecule has 29 heavy (non-hydrogen) atoms. The van der Waals surface area contributed by atoms with Gasteiger partial charge in [-0.2, -0.15) is 0 Å². The highest BCUT2D eigenvalue weighted by atomic mass is 32.2. The summed E-state index contributed by atoms with van der Waals surface area (Å²) in [5, 5.41) is 2.95. The van der Waals surface area contributed by atoms with Crippen LogP contribution in [0.3, 0.4) is 0 Å². The van der Waals surface area contributed by atoms with Gasteiger partial charge in [0.2, 0.25) is 5.91 Å². The molecule has 1 aliphatic heterocycles. The Morgan fingerprint density at radius 1 is 1.00 bits per heavy atom. The fourth-order valence-corrected chi connectivity index (χ4v) is 4.44. The second-order valence-corrected chi connectivity index (χ2v) is 8.05. The van der Waals surface area contributed by atoms with Gasteiger partial charge < -0.3 is 10.2 Å². The van der Waals surface area contributed by atoms with E-state index in [2.05, 4.69) is 11.4 Å². The van der Waals surface area contributed by atoms with Crippen LogP contribution >= 0.6 is 11.8 Å². The number of nitrogens with one attached hydrogen (secondary N) is 1. The Bertz CT molecular complexity index is 1060. The molecule has 0 saturated heterocycles. The van der Waals surface area contributed by atoms with Crippen molar-refractivity contribution in [3.05, 3.63) is 89.5 Å². The van der Waals surface area contributed by atoms with Gasteiger partial charge in [0.1, 0.15) is 0 Å². The van der Waals surface area contributed by atoms with Crippen molar-refractivity contribution in [1.29, 1.82) is 0 Å². The van der Waals surface area contributed by atoms with Crippen molar-refractivity contribution < 1.29 is 9.59 Å². The average molecular weight is 403 g/mol. The van der Waals surface area contributed by atoms with Gasteiger partial charge in [-0.25, -0.2) is 0 Å². The molecule has 5 heteroatoms. The minimum absolute atomic E-state index is 0.0637. The summed E-state index contributed by atoms with van der Waals surface area (Å²) >= 11 is 1.41. The molecule has 1 heterocycles. The molecule has 1 N–H and O–H groups in total. The number of aryl methyl sites for hydroxylation is 1. The van der Waals surface area contributed by atoms with Crippen molar-refractivity contribution in [2.45, 2.75) is 18.2 Å². The highest BCUT2D eigenvalue weighted by Crippen LogP contribution is 2.30. The van der Waals surface area contributed by atoms with Crippen LogP contribution in [0.5, 0.6) is 0 Å². The fourth-order valence-electron chi connectivity index (χ4n) is 3.52. The highest BCUT2D eigenvalue weighted by molar-refractivity contribution is 8.00. The molecule has 2 amide bonds. The normalized spacial score (nSPS) is 12.5. The molecule has 0 bridgehead atoms. The first kappa shape index (κ1) is 19.3. The molecule has 0 atom stereocenters. The van der Waals surface area contributed by atoms with E-state index in [1.165, 1.54) is 17.3 Å². The number of carbonyl (C=O) groups excluding carboxylic acids is 2. The van der Waals surface area contributed by atoms with E-state index in [9.17, 15) is 9.59 Å². The second-order valence-electron chi connectivity index (χ2n) is 7.03. The number of thioether (sulfide) groups is 1.